The molecule has 0 saturated heterocycles. The Bertz CT molecular complexity index is 1420. The Hall–Kier alpha value is -2.74. The largest absolute Gasteiger partial charge is 0.487 e. The summed E-state index contributed by atoms with van der Waals surface area (Å²) in [7, 11) is 0. The van der Waals surface area contributed by atoms with Crippen molar-refractivity contribution in [3.63, 3.8) is 0 Å². The summed E-state index contributed by atoms with van der Waals surface area (Å²) >= 11 is 5.40. The lowest BCUT2D eigenvalue weighted by Crippen LogP contribution is -2.06. The summed E-state index contributed by atoms with van der Waals surface area (Å²) in [5.74, 6) is -0.400. The van der Waals surface area contributed by atoms with Crippen LogP contribution < -0.4 is 4.74 Å². The first-order valence-electron chi connectivity index (χ1n) is 10.8. The topological polar surface area (TPSA) is 100 Å². The lowest BCUT2D eigenvalue weighted by atomic mass is 10.0. The van der Waals surface area contributed by atoms with E-state index in [1.165, 1.54) is 6.08 Å². The van der Waals surface area contributed by atoms with E-state index < -0.39 is 11.8 Å². The van der Waals surface area contributed by atoms with Gasteiger partial charge in [0.05, 0.1) is 21.3 Å². The fraction of sp³-hybridized carbons (Fsp3) is 0.185. The number of carbonyl (C=O) groups excluding carboxylic acids is 2. The number of esters is 1. The molecule has 1 heterocycles. The van der Waals surface area contributed by atoms with Crippen LogP contribution in [0.4, 0.5) is 0 Å². The average molecular weight is 722 g/mol. The van der Waals surface area contributed by atoms with Crippen LogP contribution in [-0.4, -0.2) is 18.4 Å². The van der Waals surface area contributed by atoms with Crippen LogP contribution in [0.3, 0.4) is 0 Å². The van der Waals surface area contributed by atoms with Crippen molar-refractivity contribution in [2.75, 3.05) is 6.61 Å². The van der Waals surface area contributed by atoms with Crippen LogP contribution in [0.5, 0.6) is 5.75 Å². The van der Waals surface area contributed by atoms with E-state index in [1.807, 2.05) is 48.5 Å². The Balaban J connectivity index is 1.93. The van der Waals surface area contributed by atoms with Crippen molar-refractivity contribution in [1.29, 1.82) is 10.5 Å². The van der Waals surface area contributed by atoms with Crippen molar-refractivity contribution in [3.8, 4) is 17.9 Å². The van der Waals surface area contributed by atoms with Crippen LogP contribution in [0, 0.1) is 36.7 Å². The maximum absolute atomic E-state index is 13.1. The minimum absolute atomic E-state index is 0.0648. The Labute approximate surface area is 240 Å². The van der Waals surface area contributed by atoms with E-state index in [4.69, 9.17) is 9.47 Å². The van der Waals surface area contributed by atoms with Crippen molar-refractivity contribution >= 4 is 74.3 Å². The van der Waals surface area contributed by atoms with Crippen LogP contribution in [-0.2, 0) is 22.6 Å². The summed E-state index contributed by atoms with van der Waals surface area (Å²) in [5, 5.41) is 19.4. The van der Waals surface area contributed by atoms with Crippen LogP contribution in [0.25, 0.3) is 6.08 Å². The molecule has 9 heteroatoms. The van der Waals surface area contributed by atoms with E-state index in [-0.39, 0.29) is 24.2 Å². The molecule has 1 aromatic heterocycles. The minimum Gasteiger partial charge on any atom is -0.487 e. The third-order valence-electron chi connectivity index (χ3n) is 5.10. The first-order valence-corrected chi connectivity index (χ1v) is 13.8. The highest BCUT2D eigenvalue weighted by molar-refractivity contribution is 14.1. The normalized spacial score (nSPS) is 10.9. The highest BCUT2D eigenvalue weighted by atomic mass is 127. The van der Waals surface area contributed by atoms with Gasteiger partial charge < -0.3 is 9.47 Å². The number of allylic oxidation sites excluding steroid dienone is 1. The number of benzene rings is 2. The predicted molar refractivity (Wildman–Crippen MR) is 155 cm³/mol. The van der Waals surface area contributed by atoms with E-state index >= 15 is 0 Å². The summed E-state index contributed by atoms with van der Waals surface area (Å²) < 4.78 is 12.9. The number of rotatable bonds is 9. The first kappa shape index (κ1) is 27.8. The SMILES string of the molecule is CCOC(=O)c1sc(CC(=O)/C(C#N)=C/c2cc(I)cc(I)c2OCc2ccccc2)c(C#N)c1C. The van der Waals surface area contributed by atoms with Gasteiger partial charge in [-0.3, -0.25) is 4.79 Å². The molecule has 0 saturated carbocycles. The number of hydrogen-bond donors (Lipinski definition) is 0. The molecule has 3 rings (SSSR count). The first-order chi connectivity index (χ1) is 17.3. The van der Waals surface area contributed by atoms with Gasteiger partial charge >= 0.3 is 5.97 Å². The van der Waals surface area contributed by atoms with Crippen molar-refractivity contribution in [3.05, 3.63) is 87.2 Å². The zero-order valence-corrected chi connectivity index (χ0v) is 24.6. The minimum atomic E-state index is -0.528. The molecule has 0 aliphatic rings. The number of halogens is 2. The number of ether oxygens (including phenoxy) is 2. The second kappa shape index (κ2) is 13.0. The number of ketones is 1. The number of carbonyl (C=O) groups is 2. The van der Waals surface area contributed by atoms with Crippen molar-refractivity contribution in [2.24, 2.45) is 0 Å². The van der Waals surface area contributed by atoms with Gasteiger partial charge in [0.15, 0.2) is 5.78 Å². The van der Waals surface area contributed by atoms with E-state index in [0.29, 0.717) is 33.2 Å². The third-order valence-corrected chi connectivity index (χ3v) is 7.79. The van der Waals surface area contributed by atoms with Crippen molar-refractivity contribution in [1.82, 2.24) is 0 Å². The zero-order valence-electron chi connectivity index (χ0n) is 19.4. The second-order valence-corrected chi connectivity index (χ2v) is 11.0. The molecule has 3 aromatic rings. The molecule has 0 N–H and O–H groups in total. The van der Waals surface area contributed by atoms with Crippen LogP contribution in [0.2, 0.25) is 0 Å². The molecule has 0 radical (unpaired) electrons. The lowest BCUT2D eigenvalue weighted by molar-refractivity contribution is -0.114. The van der Waals surface area contributed by atoms with Crippen molar-refractivity contribution < 1.29 is 19.1 Å². The van der Waals surface area contributed by atoms with Crippen LogP contribution >= 0.6 is 56.5 Å². The molecule has 2 aromatic carbocycles. The number of nitriles is 2. The maximum atomic E-state index is 13.1. The molecule has 182 valence electrons. The average Bonchev–Trinajstić information content (AvgIpc) is 3.17. The molecule has 0 amide bonds. The maximum Gasteiger partial charge on any atom is 0.348 e. The Morgan fingerprint density at radius 3 is 2.50 bits per heavy atom. The molecule has 0 bridgehead atoms. The molecular weight excluding hydrogens is 702 g/mol. The highest BCUT2D eigenvalue weighted by Gasteiger charge is 2.24. The third kappa shape index (κ3) is 6.72. The zero-order chi connectivity index (χ0) is 26.2. The second-order valence-electron chi connectivity index (χ2n) is 7.54. The smallest absolute Gasteiger partial charge is 0.348 e. The molecule has 0 unspecified atom stereocenters. The predicted octanol–water partition coefficient (Wildman–Crippen LogP) is 6.61. The fourth-order valence-corrected chi connectivity index (χ4v) is 6.57. The Morgan fingerprint density at radius 2 is 1.86 bits per heavy atom. The van der Waals surface area contributed by atoms with Crippen LogP contribution in [0.15, 0.2) is 48.0 Å². The molecule has 6 nitrogen and oxygen atoms in total. The van der Waals surface area contributed by atoms with E-state index in [1.54, 1.807) is 13.8 Å². The molecule has 0 atom stereocenters. The molecule has 36 heavy (non-hydrogen) atoms. The van der Waals surface area contributed by atoms with Gasteiger partial charge in [-0.05, 0) is 88.4 Å². The molecule has 0 aliphatic heterocycles. The van der Waals surface area contributed by atoms with Crippen LogP contribution in [0.1, 0.15) is 43.7 Å². The van der Waals surface area contributed by atoms with E-state index in [2.05, 4.69) is 51.3 Å². The van der Waals surface area contributed by atoms with Gasteiger partial charge in [0.1, 0.15) is 29.4 Å². The molecular formula is C27H20I2N2O4S. The van der Waals surface area contributed by atoms with Gasteiger partial charge in [0, 0.05) is 20.4 Å². The fourth-order valence-electron chi connectivity index (χ4n) is 3.38. The van der Waals surface area contributed by atoms with Gasteiger partial charge in [0.25, 0.3) is 0 Å². The summed E-state index contributed by atoms with van der Waals surface area (Å²) in [5.41, 5.74) is 2.29. The highest BCUT2D eigenvalue weighted by Crippen LogP contribution is 2.32. The van der Waals surface area contributed by atoms with Gasteiger partial charge in [-0.1, -0.05) is 30.3 Å². The summed E-state index contributed by atoms with van der Waals surface area (Å²) in [6.45, 7) is 3.90. The summed E-state index contributed by atoms with van der Waals surface area (Å²) in [6.07, 6.45) is 1.35. The number of Topliss-reactive ketones (excluding diaryl/α,β-unsaturated/α-hetero) is 1. The Morgan fingerprint density at radius 1 is 1.14 bits per heavy atom. The molecule has 0 fully saturated rings. The number of nitrogens with zero attached hydrogens (tertiary/aromatic N) is 2. The standard InChI is InChI=1S/C27H20I2N2O4S/c1-3-34-27(33)26-16(2)21(14-31)24(36-26)12-23(32)19(13-30)9-18-10-20(28)11-22(29)25(18)35-15-17-7-5-4-6-8-17/h4-11H,3,12,15H2,1-2H3/b19-9+. The van der Waals surface area contributed by atoms with Gasteiger partial charge in [-0.25, -0.2) is 4.79 Å². The van der Waals surface area contributed by atoms with E-state index in [0.717, 1.165) is 24.0 Å². The van der Waals surface area contributed by atoms with Gasteiger partial charge in [-0.2, -0.15) is 10.5 Å². The Kier molecular flexibility index (Phi) is 10.0. The quantitative estimate of drug-likeness (QED) is 0.107. The number of thiophene rings is 1. The monoisotopic (exact) mass is 722 g/mol. The number of hydrogen-bond acceptors (Lipinski definition) is 7. The lowest BCUT2D eigenvalue weighted by Gasteiger charge is -2.13. The van der Waals surface area contributed by atoms with Gasteiger partial charge in [0.2, 0.25) is 0 Å². The molecule has 0 spiro atoms. The van der Waals surface area contributed by atoms with Crippen molar-refractivity contribution in [2.45, 2.75) is 26.9 Å². The summed E-state index contributed by atoms with van der Waals surface area (Å²) in [4.78, 5) is 26.1. The summed E-state index contributed by atoms with van der Waals surface area (Å²) in [6, 6.07) is 17.6. The van der Waals surface area contributed by atoms with E-state index in [9.17, 15) is 20.1 Å². The van der Waals surface area contributed by atoms with Gasteiger partial charge in [-0.15, -0.1) is 11.3 Å². The molecule has 0 aliphatic carbocycles.